The van der Waals surface area contributed by atoms with Crippen molar-refractivity contribution in [3.8, 4) is 5.75 Å². The summed E-state index contributed by atoms with van der Waals surface area (Å²) >= 11 is 0. The Labute approximate surface area is 112 Å². The fourth-order valence-electron chi connectivity index (χ4n) is 1.82. The Morgan fingerprint density at radius 1 is 1.47 bits per heavy atom. The zero-order chi connectivity index (χ0) is 13.5. The Morgan fingerprint density at radius 2 is 2.37 bits per heavy atom. The normalized spacial score (nSPS) is 18.9. The van der Waals surface area contributed by atoms with Crippen LogP contribution in [0.5, 0.6) is 5.75 Å². The lowest BCUT2D eigenvalue weighted by Gasteiger charge is -2.22. The first-order chi connectivity index (χ1) is 9.24. The molecule has 1 atom stereocenters. The van der Waals surface area contributed by atoms with Gasteiger partial charge in [-0.2, -0.15) is 0 Å². The highest BCUT2D eigenvalue weighted by molar-refractivity contribution is 5.76. The molecule has 0 unspecified atom stereocenters. The Morgan fingerprint density at radius 3 is 3.11 bits per heavy atom. The van der Waals surface area contributed by atoms with E-state index in [0.29, 0.717) is 12.4 Å². The Kier molecular flexibility index (Phi) is 5.18. The van der Waals surface area contributed by atoms with Gasteiger partial charge in [-0.3, -0.25) is 4.79 Å². The highest BCUT2D eigenvalue weighted by Gasteiger charge is 2.15. The number of amides is 1. The van der Waals surface area contributed by atoms with Crippen LogP contribution in [0.3, 0.4) is 0 Å². The average Bonchev–Trinajstić information content (AvgIpc) is 2.44. The molecule has 0 radical (unpaired) electrons. The number of ether oxygens (including phenoxy) is 2. The van der Waals surface area contributed by atoms with E-state index in [4.69, 9.17) is 14.3 Å². The predicted octanol–water partition coefficient (Wildman–Crippen LogP) is 1.95. The van der Waals surface area contributed by atoms with Crippen molar-refractivity contribution in [3.05, 3.63) is 29.8 Å². The van der Waals surface area contributed by atoms with E-state index in [9.17, 15) is 4.79 Å². The van der Waals surface area contributed by atoms with Gasteiger partial charge in [0, 0.05) is 13.0 Å². The molecule has 1 fully saturated rings. The van der Waals surface area contributed by atoms with Crippen LogP contribution >= 0.6 is 0 Å². The first-order valence-corrected chi connectivity index (χ1v) is 6.49. The van der Waals surface area contributed by atoms with Crippen molar-refractivity contribution in [1.82, 2.24) is 5.48 Å². The Hall–Kier alpha value is -1.59. The van der Waals surface area contributed by atoms with Gasteiger partial charge in [0.2, 0.25) is 0 Å². The summed E-state index contributed by atoms with van der Waals surface area (Å²) in [4.78, 5) is 16.7. The van der Waals surface area contributed by atoms with Gasteiger partial charge in [-0.25, -0.2) is 10.3 Å². The lowest BCUT2D eigenvalue weighted by atomic mass is 10.2. The van der Waals surface area contributed by atoms with E-state index in [-0.39, 0.29) is 18.8 Å². The lowest BCUT2D eigenvalue weighted by Crippen LogP contribution is -2.35. The van der Waals surface area contributed by atoms with Crippen LogP contribution in [0, 0.1) is 6.92 Å². The van der Waals surface area contributed by atoms with Crippen molar-refractivity contribution in [2.75, 3.05) is 13.2 Å². The van der Waals surface area contributed by atoms with Crippen molar-refractivity contribution in [2.45, 2.75) is 32.5 Å². The van der Waals surface area contributed by atoms with Crippen LogP contribution in [0.4, 0.5) is 0 Å². The zero-order valence-electron chi connectivity index (χ0n) is 11.1. The van der Waals surface area contributed by atoms with E-state index < -0.39 is 0 Å². The number of carbonyl (C=O) groups excluding carboxylic acids is 1. The van der Waals surface area contributed by atoms with Gasteiger partial charge >= 0.3 is 0 Å². The summed E-state index contributed by atoms with van der Waals surface area (Å²) in [6.45, 7) is 2.58. The second kappa shape index (κ2) is 7.11. The smallest absolute Gasteiger partial charge is 0.281 e. The van der Waals surface area contributed by atoms with Crippen molar-refractivity contribution in [2.24, 2.45) is 0 Å². The fourth-order valence-corrected chi connectivity index (χ4v) is 1.82. The highest BCUT2D eigenvalue weighted by atomic mass is 16.8. The number of hydrogen-bond donors (Lipinski definition) is 1. The van der Waals surface area contributed by atoms with E-state index in [1.165, 1.54) is 0 Å². The molecule has 104 valence electrons. The van der Waals surface area contributed by atoms with E-state index in [1.54, 1.807) is 0 Å². The molecule has 0 bridgehead atoms. The summed E-state index contributed by atoms with van der Waals surface area (Å²) in [5, 5.41) is 0. The first kappa shape index (κ1) is 13.8. The number of hydroxylamine groups is 1. The molecule has 2 rings (SSSR count). The van der Waals surface area contributed by atoms with Crippen molar-refractivity contribution in [3.63, 3.8) is 0 Å². The van der Waals surface area contributed by atoms with Gasteiger partial charge in [-0.05, 0) is 37.5 Å². The van der Waals surface area contributed by atoms with Gasteiger partial charge in [0.25, 0.3) is 5.91 Å². The highest BCUT2D eigenvalue weighted by Crippen LogP contribution is 2.13. The SMILES string of the molecule is Cc1cccc(OCC(=O)NO[C@@H]2CCCCO2)c1. The quantitative estimate of drug-likeness (QED) is 0.827. The number of carbonyl (C=O) groups is 1. The lowest BCUT2D eigenvalue weighted by molar-refractivity contribution is -0.201. The minimum absolute atomic E-state index is 0.0732. The van der Waals surface area contributed by atoms with E-state index in [2.05, 4.69) is 5.48 Å². The molecule has 1 saturated heterocycles. The van der Waals surface area contributed by atoms with Crippen LogP contribution in [-0.2, 0) is 14.4 Å². The first-order valence-electron chi connectivity index (χ1n) is 6.49. The third-order valence-electron chi connectivity index (χ3n) is 2.80. The van der Waals surface area contributed by atoms with Crippen LogP contribution in [0.2, 0.25) is 0 Å². The maximum Gasteiger partial charge on any atom is 0.281 e. The minimum atomic E-state index is -0.336. The molecule has 0 aromatic heterocycles. The second-order valence-electron chi connectivity index (χ2n) is 4.54. The molecule has 0 spiro atoms. The van der Waals surface area contributed by atoms with E-state index in [0.717, 1.165) is 24.8 Å². The number of rotatable bonds is 5. The molecular formula is C14H19NO4. The summed E-state index contributed by atoms with van der Waals surface area (Å²) in [5.74, 6) is 0.347. The second-order valence-corrected chi connectivity index (χ2v) is 4.54. The van der Waals surface area contributed by atoms with Gasteiger partial charge in [0.15, 0.2) is 12.9 Å². The van der Waals surface area contributed by atoms with Crippen molar-refractivity contribution in [1.29, 1.82) is 0 Å². The Bertz CT molecular complexity index is 416. The molecule has 0 aliphatic carbocycles. The summed E-state index contributed by atoms with van der Waals surface area (Å²) in [6.07, 6.45) is 2.57. The fraction of sp³-hybridized carbons (Fsp3) is 0.500. The molecule has 5 heteroatoms. The molecule has 1 aromatic carbocycles. The van der Waals surface area contributed by atoms with Gasteiger partial charge in [-0.1, -0.05) is 12.1 Å². The number of hydrogen-bond acceptors (Lipinski definition) is 4. The van der Waals surface area contributed by atoms with Crippen LogP contribution < -0.4 is 10.2 Å². The van der Waals surface area contributed by atoms with Crippen molar-refractivity contribution < 1.29 is 19.1 Å². The van der Waals surface area contributed by atoms with Gasteiger partial charge < -0.3 is 9.47 Å². The van der Waals surface area contributed by atoms with Gasteiger partial charge in [0.05, 0.1) is 0 Å². The maximum atomic E-state index is 11.5. The third-order valence-corrected chi connectivity index (χ3v) is 2.80. The molecule has 1 amide bonds. The molecular weight excluding hydrogens is 246 g/mol. The van der Waals surface area contributed by atoms with E-state index in [1.807, 2.05) is 31.2 Å². The molecule has 1 heterocycles. The van der Waals surface area contributed by atoms with Crippen LogP contribution in [0.1, 0.15) is 24.8 Å². The van der Waals surface area contributed by atoms with Gasteiger partial charge in [0.1, 0.15) is 5.75 Å². The largest absolute Gasteiger partial charge is 0.484 e. The third kappa shape index (κ3) is 4.89. The summed E-state index contributed by atoms with van der Waals surface area (Å²) in [6, 6.07) is 7.54. The molecule has 1 aliphatic heterocycles. The van der Waals surface area contributed by atoms with Crippen molar-refractivity contribution >= 4 is 5.91 Å². The minimum Gasteiger partial charge on any atom is -0.484 e. The summed E-state index contributed by atoms with van der Waals surface area (Å²) in [5.41, 5.74) is 3.44. The molecule has 5 nitrogen and oxygen atoms in total. The van der Waals surface area contributed by atoms with Crippen LogP contribution in [0.25, 0.3) is 0 Å². The van der Waals surface area contributed by atoms with Crippen LogP contribution in [-0.4, -0.2) is 25.4 Å². The molecule has 1 N–H and O–H groups in total. The van der Waals surface area contributed by atoms with Crippen LogP contribution in [0.15, 0.2) is 24.3 Å². The zero-order valence-corrected chi connectivity index (χ0v) is 11.1. The molecule has 1 aliphatic rings. The molecule has 1 aromatic rings. The topological polar surface area (TPSA) is 56.8 Å². The number of aryl methyl sites for hydroxylation is 1. The van der Waals surface area contributed by atoms with E-state index >= 15 is 0 Å². The standard InChI is InChI=1S/C14H19NO4/c1-11-5-4-6-12(9-11)18-10-13(16)15-19-14-7-2-3-8-17-14/h4-6,9,14H,2-3,7-8,10H2,1H3,(H,15,16)/t14-/m1/s1. The van der Waals surface area contributed by atoms with Gasteiger partial charge in [-0.15, -0.1) is 0 Å². The monoisotopic (exact) mass is 265 g/mol. The predicted molar refractivity (Wildman–Crippen MR) is 69.5 cm³/mol. The summed E-state index contributed by atoms with van der Waals surface area (Å²) in [7, 11) is 0. The summed E-state index contributed by atoms with van der Waals surface area (Å²) < 4.78 is 10.7. The number of nitrogens with one attached hydrogen (secondary N) is 1. The average molecular weight is 265 g/mol. The molecule has 0 saturated carbocycles. The Balaban J connectivity index is 1.66. The molecule has 19 heavy (non-hydrogen) atoms. The maximum absolute atomic E-state index is 11.5. The number of benzene rings is 1.